The van der Waals surface area contributed by atoms with Gasteiger partial charge >= 0.3 is 0 Å². The molecule has 0 fully saturated rings. The zero-order chi connectivity index (χ0) is 12.1. The molecule has 2 aromatic rings. The van der Waals surface area contributed by atoms with Crippen molar-refractivity contribution in [3.63, 3.8) is 0 Å². The zero-order valence-corrected chi connectivity index (χ0v) is 10.6. The van der Waals surface area contributed by atoms with Gasteiger partial charge < -0.3 is 9.84 Å². The third kappa shape index (κ3) is 3.55. The first-order valence-electron chi connectivity index (χ1n) is 5.47. The molecule has 2 nitrogen and oxygen atoms in total. The highest BCUT2D eigenvalue weighted by atomic mass is 31.0. The van der Waals surface area contributed by atoms with Crippen molar-refractivity contribution in [1.29, 1.82) is 0 Å². The van der Waals surface area contributed by atoms with Gasteiger partial charge in [-0.3, -0.25) is 0 Å². The molecule has 0 heterocycles. The molecule has 88 valence electrons. The minimum Gasteiger partial charge on any atom is -0.491 e. The standard InChI is InChI=1S/C14H15O2P/c15-14(11-6-8-13(17)9-7-11)10-16-12-4-2-1-3-5-12/h1-9,14-15H,10,17H2. The van der Waals surface area contributed by atoms with Gasteiger partial charge in [-0.25, -0.2) is 0 Å². The Morgan fingerprint density at radius 3 is 2.29 bits per heavy atom. The summed E-state index contributed by atoms with van der Waals surface area (Å²) in [5.41, 5.74) is 0.868. The molecule has 0 aliphatic heterocycles. The van der Waals surface area contributed by atoms with E-state index in [0.717, 1.165) is 16.6 Å². The molecule has 0 aromatic heterocycles. The molecule has 0 aliphatic carbocycles. The van der Waals surface area contributed by atoms with Crippen LogP contribution >= 0.6 is 9.24 Å². The Morgan fingerprint density at radius 1 is 1.00 bits per heavy atom. The van der Waals surface area contributed by atoms with E-state index in [-0.39, 0.29) is 6.61 Å². The van der Waals surface area contributed by atoms with Crippen LogP contribution in [0.5, 0.6) is 5.75 Å². The van der Waals surface area contributed by atoms with Gasteiger partial charge in [-0.15, -0.1) is 9.24 Å². The smallest absolute Gasteiger partial charge is 0.119 e. The first-order chi connectivity index (χ1) is 8.25. The normalized spacial score (nSPS) is 12.1. The summed E-state index contributed by atoms with van der Waals surface area (Å²) in [4.78, 5) is 0. The molecule has 1 N–H and O–H groups in total. The van der Waals surface area contributed by atoms with Gasteiger partial charge in [-0.2, -0.15) is 0 Å². The van der Waals surface area contributed by atoms with Crippen molar-refractivity contribution in [3.8, 4) is 5.75 Å². The summed E-state index contributed by atoms with van der Waals surface area (Å²) in [6.45, 7) is 0.264. The number of aliphatic hydroxyl groups excluding tert-OH is 1. The van der Waals surface area contributed by atoms with E-state index in [1.807, 2.05) is 54.6 Å². The summed E-state index contributed by atoms with van der Waals surface area (Å²) < 4.78 is 5.50. The maximum Gasteiger partial charge on any atom is 0.119 e. The molecule has 2 aromatic carbocycles. The predicted octanol–water partition coefficient (Wildman–Crippen LogP) is 2.30. The average molecular weight is 246 g/mol. The second-order valence-electron chi connectivity index (χ2n) is 3.81. The van der Waals surface area contributed by atoms with Crippen LogP contribution in [0.2, 0.25) is 0 Å². The first kappa shape index (κ1) is 12.1. The van der Waals surface area contributed by atoms with Crippen molar-refractivity contribution in [2.24, 2.45) is 0 Å². The lowest BCUT2D eigenvalue weighted by Crippen LogP contribution is -2.10. The molecular formula is C14H15O2P. The molecule has 0 saturated heterocycles. The third-order valence-corrected chi connectivity index (χ3v) is 2.86. The molecule has 2 atom stereocenters. The summed E-state index contributed by atoms with van der Waals surface area (Å²) in [6, 6.07) is 17.2. The number of hydrogen-bond acceptors (Lipinski definition) is 2. The summed E-state index contributed by atoms with van der Waals surface area (Å²) >= 11 is 0. The summed E-state index contributed by atoms with van der Waals surface area (Å²) in [7, 11) is 2.62. The monoisotopic (exact) mass is 246 g/mol. The van der Waals surface area contributed by atoms with Crippen molar-refractivity contribution in [2.75, 3.05) is 6.61 Å². The van der Waals surface area contributed by atoms with Gasteiger partial charge in [-0.05, 0) is 23.0 Å². The van der Waals surface area contributed by atoms with Crippen molar-refractivity contribution in [3.05, 3.63) is 60.2 Å². The number of rotatable bonds is 4. The second-order valence-corrected chi connectivity index (χ2v) is 4.47. The Kier molecular flexibility index (Phi) is 4.13. The third-order valence-electron chi connectivity index (χ3n) is 2.47. The maximum absolute atomic E-state index is 9.94. The molecule has 0 amide bonds. The van der Waals surface area contributed by atoms with E-state index in [2.05, 4.69) is 9.24 Å². The van der Waals surface area contributed by atoms with Crippen LogP contribution in [0.4, 0.5) is 0 Å². The van der Waals surface area contributed by atoms with Crippen LogP contribution in [0.3, 0.4) is 0 Å². The van der Waals surface area contributed by atoms with Crippen LogP contribution in [-0.2, 0) is 0 Å². The number of benzene rings is 2. The number of aliphatic hydroxyl groups is 1. The number of para-hydroxylation sites is 1. The van der Waals surface area contributed by atoms with Gasteiger partial charge in [0.2, 0.25) is 0 Å². The largest absolute Gasteiger partial charge is 0.491 e. The topological polar surface area (TPSA) is 29.5 Å². The van der Waals surface area contributed by atoms with Crippen molar-refractivity contribution in [1.82, 2.24) is 0 Å². The Bertz CT molecular complexity index is 453. The predicted molar refractivity (Wildman–Crippen MR) is 72.7 cm³/mol. The van der Waals surface area contributed by atoms with Gasteiger partial charge in [-0.1, -0.05) is 42.5 Å². The Morgan fingerprint density at radius 2 is 1.65 bits per heavy atom. The molecule has 0 radical (unpaired) electrons. The zero-order valence-electron chi connectivity index (χ0n) is 9.41. The summed E-state index contributed by atoms with van der Waals surface area (Å²) in [5.74, 6) is 0.772. The van der Waals surface area contributed by atoms with Crippen LogP contribution in [0.1, 0.15) is 11.7 Å². The lowest BCUT2D eigenvalue weighted by Gasteiger charge is -2.12. The van der Waals surface area contributed by atoms with Crippen molar-refractivity contribution < 1.29 is 9.84 Å². The first-order valence-corrected chi connectivity index (χ1v) is 6.05. The Hall–Kier alpha value is -1.37. The lowest BCUT2D eigenvalue weighted by atomic mass is 10.1. The van der Waals surface area contributed by atoms with Crippen LogP contribution in [0.15, 0.2) is 54.6 Å². The SMILES string of the molecule is OC(COc1ccccc1)c1ccc(P)cc1. The van der Waals surface area contributed by atoms with Gasteiger partial charge in [0.05, 0.1) is 0 Å². The molecule has 0 saturated carbocycles. The summed E-state index contributed by atoms with van der Waals surface area (Å²) in [5, 5.41) is 11.0. The fourth-order valence-corrected chi connectivity index (χ4v) is 1.70. The molecule has 0 bridgehead atoms. The summed E-state index contributed by atoms with van der Waals surface area (Å²) in [6.07, 6.45) is -0.596. The van der Waals surface area contributed by atoms with Crippen LogP contribution in [-0.4, -0.2) is 11.7 Å². The molecule has 2 unspecified atom stereocenters. The Balaban J connectivity index is 1.93. The minimum atomic E-state index is -0.596. The quantitative estimate of drug-likeness (QED) is 0.839. The molecule has 17 heavy (non-hydrogen) atoms. The minimum absolute atomic E-state index is 0.264. The van der Waals surface area contributed by atoms with E-state index in [1.54, 1.807) is 0 Å². The second kappa shape index (κ2) is 5.81. The van der Waals surface area contributed by atoms with E-state index in [9.17, 15) is 5.11 Å². The van der Waals surface area contributed by atoms with Crippen molar-refractivity contribution >= 4 is 14.5 Å². The van der Waals surface area contributed by atoms with Gasteiger partial charge in [0.15, 0.2) is 0 Å². The van der Waals surface area contributed by atoms with Crippen LogP contribution in [0.25, 0.3) is 0 Å². The molecule has 0 aliphatic rings. The van der Waals surface area contributed by atoms with Crippen LogP contribution < -0.4 is 10.0 Å². The van der Waals surface area contributed by atoms with E-state index >= 15 is 0 Å². The van der Waals surface area contributed by atoms with Gasteiger partial charge in [0.1, 0.15) is 18.5 Å². The molecule has 3 heteroatoms. The Labute approximate surface area is 103 Å². The number of ether oxygens (including phenoxy) is 1. The van der Waals surface area contributed by atoms with Crippen molar-refractivity contribution in [2.45, 2.75) is 6.10 Å². The highest BCUT2D eigenvalue weighted by Crippen LogP contribution is 2.15. The highest BCUT2D eigenvalue weighted by molar-refractivity contribution is 7.27. The lowest BCUT2D eigenvalue weighted by molar-refractivity contribution is 0.108. The van der Waals surface area contributed by atoms with E-state index in [1.165, 1.54) is 0 Å². The molecule has 2 rings (SSSR count). The average Bonchev–Trinajstić information content (AvgIpc) is 2.38. The molecule has 0 spiro atoms. The van der Waals surface area contributed by atoms with Crippen LogP contribution in [0, 0.1) is 0 Å². The van der Waals surface area contributed by atoms with Gasteiger partial charge in [0.25, 0.3) is 0 Å². The van der Waals surface area contributed by atoms with E-state index < -0.39 is 6.10 Å². The van der Waals surface area contributed by atoms with Gasteiger partial charge in [0, 0.05) is 0 Å². The fraction of sp³-hybridized carbons (Fsp3) is 0.143. The maximum atomic E-state index is 9.94. The van der Waals surface area contributed by atoms with E-state index in [0.29, 0.717) is 0 Å². The highest BCUT2D eigenvalue weighted by Gasteiger charge is 2.07. The number of hydrogen-bond donors (Lipinski definition) is 1. The molecular weight excluding hydrogens is 231 g/mol. The fourth-order valence-electron chi connectivity index (χ4n) is 1.51. The van der Waals surface area contributed by atoms with E-state index in [4.69, 9.17) is 4.74 Å².